The van der Waals surface area contributed by atoms with Crippen molar-refractivity contribution in [1.29, 1.82) is 0 Å². The monoisotopic (exact) mass is 320 g/mol. The van der Waals surface area contributed by atoms with Crippen molar-refractivity contribution in [3.8, 4) is 11.5 Å². The minimum atomic E-state index is -0.0223. The number of aliphatic hydroxyl groups is 1. The van der Waals surface area contributed by atoms with Crippen molar-refractivity contribution in [3.63, 3.8) is 0 Å². The summed E-state index contributed by atoms with van der Waals surface area (Å²) in [5.74, 6) is 1.49. The molecule has 2 nitrogen and oxygen atoms in total. The summed E-state index contributed by atoms with van der Waals surface area (Å²) in [6, 6.07) is 9.78. The molecule has 0 atom stereocenters. The first-order valence-electron chi connectivity index (χ1n) is 6.16. The van der Waals surface area contributed by atoms with Gasteiger partial charge in [-0.2, -0.15) is 0 Å². The Balaban J connectivity index is 2.36. The topological polar surface area (TPSA) is 29.5 Å². The van der Waals surface area contributed by atoms with E-state index in [9.17, 15) is 5.11 Å². The van der Waals surface area contributed by atoms with E-state index in [2.05, 4.69) is 15.9 Å². The lowest BCUT2D eigenvalue weighted by molar-refractivity contribution is 0.276. The summed E-state index contributed by atoms with van der Waals surface area (Å²) < 4.78 is 6.99. The second-order valence-corrected chi connectivity index (χ2v) is 5.54. The van der Waals surface area contributed by atoms with Crippen molar-refractivity contribution < 1.29 is 9.84 Å². The van der Waals surface area contributed by atoms with Crippen LogP contribution in [-0.2, 0) is 6.61 Å². The molecule has 0 saturated heterocycles. The average molecular weight is 321 g/mol. The summed E-state index contributed by atoms with van der Waals surface area (Å²) in [4.78, 5) is 0. The summed E-state index contributed by atoms with van der Waals surface area (Å²) >= 11 is 3.54. The molecule has 2 aromatic carbocycles. The van der Waals surface area contributed by atoms with E-state index >= 15 is 0 Å². The number of hydrogen-bond acceptors (Lipinski definition) is 2. The molecule has 0 aliphatic heterocycles. The summed E-state index contributed by atoms with van der Waals surface area (Å²) in [6.07, 6.45) is 0. The van der Waals surface area contributed by atoms with E-state index in [1.807, 2.05) is 51.1 Å². The van der Waals surface area contributed by atoms with E-state index in [1.54, 1.807) is 0 Å². The number of hydrogen-bond donors (Lipinski definition) is 1. The third-order valence-corrected chi connectivity index (χ3v) is 4.27. The summed E-state index contributed by atoms with van der Waals surface area (Å²) in [5, 5.41) is 9.39. The van der Waals surface area contributed by atoms with E-state index in [-0.39, 0.29) is 6.61 Å². The Bertz CT molecular complexity index is 583. The van der Waals surface area contributed by atoms with Crippen LogP contribution in [0.4, 0.5) is 0 Å². The van der Waals surface area contributed by atoms with Crippen molar-refractivity contribution in [2.45, 2.75) is 27.4 Å². The van der Waals surface area contributed by atoms with E-state index < -0.39 is 0 Å². The minimum Gasteiger partial charge on any atom is -0.457 e. The fourth-order valence-electron chi connectivity index (χ4n) is 2.02. The molecule has 0 radical (unpaired) electrons. The van der Waals surface area contributed by atoms with Gasteiger partial charge in [-0.15, -0.1) is 0 Å². The van der Waals surface area contributed by atoms with E-state index in [1.165, 1.54) is 0 Å². The fraction of sp³-hybridized carbons (Fsp3) is 0.250. The number of ether oxygens (including phenoxy) is 1. The van der Waals surface area contributed by atoms with Crippen LogP contribution in [0.5, 0.6) is 11.5 Å². The van der Waals surface area contributed by atoms with Crippen LogP contribution in [0.25, 0.3) is 0 Å². The summed E-state index contributed by atoms with van der Waals surface area (Å²) in [7, 11) is 0. The Morgan fingerprint density at radius 1 is 1.05 bits per heavy atom. The Labute approximate surface area is 122 Å². The second kappa shape index (κ2) is 5.76. The van der Waals surface area contributed by atoms with Crippen LogP contribution in [-0.4, -0.2) is 5.11 Å². The predicted octanol–water partition coefficient (Wildman–Crippen LogP) is 4.66. The Morgan fingerprint density at radius 3 is 2.26 bits per heavy atom. The number of aliphatic hydroxyl groups excluding tert-OH is 1. The molecule has 1 N–H and O–H groups in total. The first kappa shape index (κ1) is 14.1. The zero-order chi connectivity index (χ0) is 14.0. The quantitative estimate of drug-likeness (QED) is 0.891. The van der Waals surface area contributed by atoms with Gasteiger partial charge in [0.1, 0.15) is 11.5 Å². The highest BCUT2D eigenvalue weighted by Gasteiger charge is 2.07. The van der Waals surface area contributed by atoms with E-state index in [0.29, 0.717) is 5.75 Å². The molecule has 0 aromatic heterocycles. The van der Waals surface area contributed by atoms with Gasteiger partial charge < -0.3 is 9.84 Å². The van der Waals surface area contributed by atoms with E-state index in [4.69, 9.17) is 4.74 Å². The molecule has 3 heteroatoms. The van der Waals surface area contributed by atoms with Crippen LogP contribution in [0.15, 0.2) is 34.8 Å². The smallest absolute Gasteiger partial charge is 0.132 e. The molecule has 0 fully saturated rings. The lowest BCUT2D eigenvalue weighted by Crippen LogP contribution is -1.94. The number of aryl methyl sites for hydroxylation is 3. The average Bonchev–Trinajstić information content (AvgIpc) is 2.38. The van der Waals surface area contributed by atoms with Crippen LogP contribution in [0.2, 0.25) is 0 Å². The van der Waals surface area contributed by atoms with Crippen molar-refractivity contribution in [3.05, 3.63) is 57.1 Å². The molecular formula is C16H17BrO2. The van der Waals surface area contributed by atoms with Gasteiger partial charge in [-0.3, -0.25) is 0 Å². The molecule has 0 heterocycles. The molecule has 100 valence electrons. The summed E-state index contributed by atoms with van der Waals surface area (Å²) in [6.45, 7) is 6.04. The van der Waals surface area contributed by atoms with Gasteiger partial charge in [0.2, 0.25) is 0 Å². The highest BCUT2D eigenvalue weighted by atomic mass is 79.9. The van der Waals surface area contributed by atoms with Crippen molar-refractivity contribution in [2.24, 2.45) is 0 Å². The molecule has 19 heavy (non-hydrogen) atoms. The highest BCUT2D eigenvalue weighted by molar-refractivity contribution is 9.10. The molecule has 0 spiro atoms. The lowest BCUT2D eigenvalue weighted by atomic mass is 10.1. The fourth-order valence-corrected chi connectivity index (χ4v) is 2.25. The third kappa shape index (κ3) is 3.17. The Kier molecular flexibility index (Phi) is 4.27. The van der Waals surface area contributed by atoms with Crippen molar-refractivity contribution in [2.75, 3.05) is 0 Å². The molecular weight excluding hydrogens is 304 g/mol. The van der Waals surface area contributed by atoms with Crippen LogP contribution < -0.4 is 4.74 Å². The lowest BCUT2D eigenvalue weighted by Gasteiger charge is -2.13. The third-order valence-electron chi connectivity index (χ3n) is 3.02. The second-order valence-electron chi connectivity index (χ2n) is 4.74. The largest absolute Gasteiger partial charge is 0.457 e. The maximum absolute atomic E-state index is 9.39. The highest BCUT2D eigenvalue weighted by Crippen LogP contribution is 2.31. The molecule has 0 aliphatic carbocycles. The van der Waals surface area contributed by atoms with Gasteiger partial charge in [0.05, 0.1) is 6.61 Å². The van der Waals surface area contributed by atoms with Gasteiger partial charge in [-0.05, 0) is 50.1 Å². The molecule has 0 saturated carbocycles. The van der Waals surface area contributed by atoms with Crippen LogP contribution in [0.3, 0.4) is 0 Å². The van der Waals surface area contributed by atoms with Crippen LogP contribution in [0, 0.1) is 20.8 Å². The molecule has 0 amide bonds. The predicted molar refractivity (Wildman–Crippen MR) is 80.8 cm³/mol. The van der Waals surface area contributed by atoms with Gasteiger partial charge >= 0.3 is 0 Å². The maximum atomic E-state index is 9.39. The Hall–Kier alpha value is -1.32. The van der Waals surface area contributed by atoms with Crippen LogP contribution >= 0.6 is 15.9 Å². The normalized spacial score (nSPS) is 10.6. The zero-order valence-corrected chi connectivity index (χ0v) is 12.9. The van der Waals surface area contributed by atoms with E-state index in [0.717, 1.165) is 32.5 Å². The first-order chi connectivity index (χ1) is 9.01. The number of benzene rings is 2. The molecule has 2 rings (SSSR count). The van der Waals surface area contributed by atoms with Crippen LogP contribution in [0.1, 0.15) is 22.3 Å². The molecule has 0 unspecified atom stereocenters. The standard InChI is InChI=1S/C16H17BrO2/c1-10-4-5-15(13(6-10)9-18)19-14-7-11(2)16(17)12(3)8-14/h4-8,18H,9H2,1-3H3. The van der Waals surface area contributed by atoms with Gasteiger partial charge in [-0.25, -0.2) is 0 Å². The van der Waals surface area contributed by atoms with Crippen molar-refractivity contribution in [1.82, 2.24) is 0 Å². The van der Waals surface area contributed by atoms with Gasteiger partial charge in [0, 0.05) is 10.0 Å². The first-order valence-corrected chi connectivity index (χ1v) is 6.95. The number of rotatable bonds is 3. The molecule has 0 aliphatic rings. The SMILES string of the molecule is Cc1ccc(Oc2cc(C)c(Br)c(C)c2)c(CO)c1. The maximum Gasteiger partial charge on any atom is 0.132 e. The van der Waals surface area contributed by atoms with Gasteiger partial charge in [-0.1, -0.05) is 33.6 Å². The summed E-state index contributed by atoms with van der Waals surface area (Å²) in [5.41, 5.74) is 4.18. The molecule has 0 bridgehead atoms. The Morgan fingerprint density at radius 2 is 1.68 bits per heavy atom. The minimum absolute atomic E-state index is 0.0223. The van der Waals surface area contributed by atoms with Gasteiger partial charge in [0.15, 0.2) is 0 Å². The van der Waals surface area contributed by atoms with Gasteiger partial charge in [0.25, 0.3) is 0 Å². The van der Waals surface area contributed by atoms with Crippen molar-refractivity contribution >= 4 is 15.9 Å². The zero-order valence-electron chi connectivity index (χ0n) is 11.3. The number of halogens is 1. The molecule has 2 aromatic rings.